The quantitative estimate of drug-likeness (QED) is 0.400. The molecule has 0 saturated carbocycles. The van der Waals surface area contributed by atoms with Crippen LogP contribution >= 0.6 is 11.3 Å². The van der Waals surface area contributed by atoms with Gasteiger partial charge in [-0.2, -0.15) is 4.98 Å². The van der Waals surface area contributed by atoms with E-state index >= 15 is 0 Å². The van der Waals surface area contributed by atoms with Crippen molar-refractivity contribution < 1.29 is 14.0 Å². The van der Waals surface area contributed by atoms with E-state index in [2.05, 4.69) is 20.7 Å². The Labute approximate surface area is 193 Å². The number of carbonyl (C=O) groups is 2. The van der Waals surface area contributed by atoms with Gasteiger partial charge >= 0.3 is 0 Å². The molecule has 4 N–H and O–H groups in total. The van der Waals surface area contributed by atoms with E-state index in [0.717, 1.165) is 11.1 Å². The second kappa shape index (κ2) is 8.99. The maximum Gasteiger partial charge on any atom is 0.261 e. The summed E-state index contributed by atoms with van der Waals surface area (Å²) in [5, 5.41) is 11.8. The number of hydrogen-bond acceptors (Lipinski definition) is 6. The van der Waals surface area contributed by atoms with Crippen LogP contribution in [0.3, 0.4) is 0 Å². The van der Waals surface area contributed by atoms with Crippen molar-refractivity contribution in [2.24, 2.45) is 0 Å². The van der Waals surface area contributed by atoms with Crippen molar-refractivity contribution in [1.29, 1.82) is 0 Å². The first-order chi connectivity index (χ1) is 15.7. The van der Waals surface area contributed by atoms with Gasteiger partial charge in [-0.15, -0.1) is 16.4 Å². The maximum absolute atomic E-state index is 13.2. The normalized spacial score (nSPS) is 12.2. The second-order valence-electron chi connectivity index (χ2n) is 7.96. The Balaban J connectivity index is 1.61. The van der Waals surface area contributed by atoms with Crippen LogP contribution in [0, 0.1) is 5.82 Å². The number of nitrogens with zero attached hydrogens (tertiary/aromatic N) is 3. The number of hydrogen-bond donors (Lipinski definition) is 3. The molecular formula is C23H23FN6O2S. The molecule has 4 aromatic rings. The number of fused-ring (bicyclic) bond motifs is 1. The Morgan fingerprint density at radius 1 is 1.06 bits per heavy atom. The molecule has 3 aromatic heterocycles. The second-order valence-corrected chi connectivity index (χ2v) is 8.87. The topological polar surface area (TPSA) is 114 Å². The number of nitrogens with two attached hydrogens (primary N) is 1. The van der Waals surface area contributed by atoms with Gasteiger partial charge in [0.15, 0.2) is 5.65 Å². The van der Waals surface area contributed by atoms with E-state index in [1.165, 1.54) is 28.0 Å². The van der Waals surface area contributed by atoms with Crippen LogP contribution in [0.4, 0.5) is 10.3 Å². The van der Waals surface area contributed by atoms with Gasteiger partial charge in [-0.1, -0.05) is 12.1 Å². The van der Waals surface area contributed by atoms with Gasteiger partial charge in [-0.25, -0.2) is 8.91 Å². The Morgan fingerprint density at radius 2 is 1.79 bits per heavy atom. The fourth-order valence-electron chi connectivity index (χ4n) is 3.38. The van der Waals surface area contributed by atoms with Gasteiger partial charge in [0.25, 0.3) is 11.8 Å². The summed E-state index contributed by atoms with van der Waals surface area (Å²) < 4.78 is 14.6. The van der Waals surface area contributed by atoms with Crippen molar-refractivity contribution >= 4 is 34.7 Å². The van der Waals surface area contributed by atoms with Crippen molar-refractivity contribution in [3.8, 4) is 11.1 Å². The van der Waals surface area contributed by atoms with E-state index in [1.54, 1.807) is 30.5 Å². The molecule has 1 atom stereocenters. The number of rotatable bonds is 6. The van der Waals surface area contributed by atoms with Crippen LogP contribution < -0.4 is 16.4 Å². The van der Waals surface area contributed by atoms with Gasteiger partial charge < -0.3 is 16.4 Å². The van der Waals surface area contributed by atoms with E-state index in [9.17, 15) is 14.0 Å². The number of thiophene rings is 1. The minimum atomic E-state index is -0.326. The standard InChI is InChI=1S/C23H23FN6O2S/c1-12(2)26-21(31)18-8-15(10-30-20(18)28-23(25)29-30)16-9-19(33-11-16)22(32)27-13(3)14-4-6-17(24)7-5-14/h4-13H,1-3H3,(H2,25,29)(H,26,31)(H,27,32)/t13-/m1/s1. The number of pyridine rings is 1. The summed E-state index contributed by atoms with van der Waals surface area (Å²) >= 11 is 1.29. The van der Waals surface area contributed by atoms with Crippen molar-refractivity contribution in [3.05, 3.63) is 69.8 Å². The van der Waals surface area contributed by atoms with E-state index < -0.39 is 0 Å². The van der Waals surface area contributed by atoms with Crippen LogP contribution in [0.25, 0.3) is 16.8 Å². The molecule has 33 heavy (non-hydrogen) atoms. The highest BCUT2D eigenvalue weighted by molar-refractivity contribution is 7.12. The molecule has 0 spiro atoms. The smallest absolute Gasteiger partial charge is 0.261 e. The molecule has 0 radical (unpaired) electrons. The molecule has 0 saturated heterocycles. The third-order valence-electron chi connectivity index (χ3n) is 4.99. The third kappa shape index (κ3) is 4.85. The molecule has 0 bridgehead atoms. The van der Waals surface area contributed by atoms with Crippen LogP contribution in [-0.2, 0) is 0 Å². The lowest BCUT2D eigenvalue weighted by atomic mass is 10.1. The third-order valence-corrected chi connectivity index (χ3v) is 5.92. The molecular weight excluding hydrogens is 443 g/mol. The Kier molecular flexibility index (Phi) is 6.10. The minimum Gasteiger partial charge on any atom is -0.366 e. The highest BCUT2D eigenvalue weighted by atomic mass is 32.1. The van der Waals surface area contributed by atoms with Gasteiger partial charge in [0.2, 0.25) is 5.95 Å². The summed E-state index contributed by atoms with van der Waals surface area (Å²) in [5.41, 5.74) is 8.71. The molecule has 0 aliphatic carbocycles. The van der Waals surface area contributed by atoms with E-state index in [-0.39, 0.29) is 35.7 Å². The zero-order chi connectivity index (χ0) is 23.7. The average molecular weight is 467 g/mol. The Hall–Kier alpha value is -3.79. The molecule has 0 aliphatic rings. The molecule has 0 unspecified atom stereocenters. The van der Waals surface area contributed by atoms with Gasteiger partial charge in [0, 0.05) is 17.8 Å². The molecule has 170 valence electrons. The first-order valence-electron chi connectivity index (χ1n) is 10.3. The maximum atomic E-state index is 13.2. The number of amides is 2. The zero-order valence-corrected chi connectivity index (χ0v) is 19.1. The summed E-state index contributed by atoms with van der Waals surface area (Å²) in [6, 6.07) is 9.13. The van der Waals surface area contributed by atoms with Gasteiger partial charge in [0.05, 0.1) is 16.5 Å². The number of nitrogens with one attached hydrogen (secondary N) is 2. The van der Waals surface area contributed by atoms with Crippen molar-refractivity contribution in [3.63, 3.8) is 0 Å². The Bertz CT molecular complexity index is 1330. The van der Waals surface area contributed by atoms with Crippen LogP contribution in [0.1, 0.15) is 52.4 Å². The van der Waals surface area contributed by atoms with Crippen molar-refractivity contribution in [2.45, 2.75) is 32.9 Å². The van der Waals surface area contributed by atoms with Crippen LogP contribution in [-0.4, -0.2) is 32.5 Å². The predicted octanol–water partition coefficient (Wildman–Crippen LogP) is 3.81. The summed E-state index contributed by atoms with van der Waals surface area (Å²) in [5.74, 6) is -0.795. The first kappa shape index (κ1) is 22.4. The average Bonchev–Trinajstić information content (AvgIpc) is 3.39. The van der Waals surface area contributed by atoms with Crippen LogP contribution in [0.5, 0.6) is 0 Å². The van der Waals surface area contributed by atoms with Crippen molar-refractivity contribution in [1.82, 2.24) is 25.2 Å². The minimum absolute atomic E-state index is 0.0546. The van der Waals surface area contributed by atoms with E-state index in [0.29, 0.717) is 21.7 Å². The predicted molar refractivity (Wildman–Crippen MR) is 126 cm³/mol. The number of carbonyl (C=O) groups excluding carboxylic acids is 2. The first-order valence-corrected chi connectivity index (χ1v) is 11.2. The molecule has 1 aromatic carbocycles. The molecule has 0 aliphatic heterocycles. The SMILES string of the molecule is CC(C)NC(=O)c1cc(-c2csc(C(=O)N[C@H](C)c3ccc(F)cc3)c2)cn2nc(N)nc12. The summed E-state index contributed by atoms with van der Waals surface area (Å²) in [7, 11) is 0. The molecule has 2 amide bonds. The number of aromatic nitrogens is 3. The molecule has 10 heteroatoms. The largest absolute Gasteiger partial charge is 0.366 e. The lowest BCUT2D eigenvalue weighted by Gasteiger charge is -2.13. The lowest BCUT2D eigenvalue weighted by molar-refractivity contribution is 0.0935. The Morgan fingerprint density at radius 3 is 2.48 bits per heavy atom. The van der Waals surface area contributed by atoms with E-state index in [4.69, 9.17) is 5.73 Å². The van der Waals surface area contributed by atoms with Crippen molar-refractivity contribution in [2.75, 3.05) is 5.73 Å². The summed E-state index contributed by atoms with van der Waals surface area (Å²) in [6.07, 6.45) is 1.72. The molecule has 3 heterocycles. The molecule has 8 nitrogen and oxygen atoms in total. The highest BCUT2D eigenvalue weighted by Crippen LogP contribution is 2.28. The summed E-state index contributed by atoms with van der Waals surface area (Å²) in [6.45, 7) is 5.57. The van der Waals surface area contributed by atoms with Crippen LogP contribution in [0.15, 0.2) is 48.0 Å². The number of halogens is 1. The van der Waals surface area contributed by atoms with E-state index in [1.807, 2.05) is 26.2 Å². The fourth-order valence-corrected chi connectivity index (χ4v) is 4.20. The fraction of sp³-hybridized carbons (Fsp3) is 0.217. The molecule has 0 fully saturated rings. The monoisotopic (exact) mass is 466 g/mol. The highest BCUT2D eigenvalue weighted by Gasteiger charge is 2.19. The molecule has 4 rings (SSSR count). The lowest BCUT2D eigenvalue weighted by Crippen LogP contribution is -2.30. The van der Waals surface area contributed by atoms with Gasteiger partial charge in [0.1, 0.15) is 5.82 Å². The van der Waals surface area contributed by atoms with Gasteiger partial charge in [-0.05, 0) is 61.5 Å². The summed E-state index contributed by atoms with van der Waals surface area (Å²) in [4.78, 5) is 30.2. The number of anilines is 1. The number of benzene rings is 1. The zero-order valence-electron chi connectivity index (χ0n) is 18.3. The van der Waals surface area contributed by atoms with Crippen LogP contribution in [0.2, 0.25) is 0 Å². The van der Waals surface area contributed by atoms with Gasteiger partial charge in [-0.3, -0.25) is 9.59 Å². The number of nitrogen functional groups attached to an aromatic ring is 1.